The average Bonchev–Trinajstić information content (AvgIpc) is 3.21. The molecule has 4 heteroatoms. The van der Waals surface area contributed by atoms with Crippen molar-refractivity contribution in [2.75, 3.05) is 0 Å². The van der Waals surface area contributed by atoms with Crippen LogP contribution in [0.25, 0.3) is 11.1 Å². The van der Waals surface area contributed by atoms with Gasteiger partial charge in [0.1, 0.15) is 0 Å². The maximum Gasteiger partial charge on any atom is 0.337 e. The number of rotatable bonds is 6. The van der Waals surface area contributed by atoms with Gasteiger partial charge in [0.25, 0.3) is 0 Å². The molecule has 0 radical (unpaired) electrons. The monoisotopic (exact) mass is 471 g/mol. The van der Waals surface area contributed by atoms with Crippen molar-refractivity contribution in [3.05, 3.63) is 93.0 Å². The molecule has 3 aromatic rings. The Balaban J connectivity index is 1.85. The summed E-state index contributed by atoms with van der Waals surface area (Å²) < 4.78 is 6.19. The normalized spacial score (nSPS) is 14.7. The highest BCUT2D eigenvalue weighted by atomic mass is 16.5. The van der Waals surface area contributed by atoms with Crippen LogP contribution in [0.4, 0.5) is 0 Å². The van der Waals surface area contributed by atoms with E-state index in [-0.39, 0.29) is 0 Å². The van der Waals surface area contributed by atoms with Gasteiger partial charge in [-0.3, -0.25) is 4.90 Å². The fourth-order valence-electron chi connectivity index (χ4n) is 5.16. The molecule has 1 unspecified atom stereocenters. The van der Waals surface area contributed by atoms with Crippen molar-refractivity contribution >= 4 is 5.97 Å². The number of aryl methyl sites for hydroxylation is 2. The lowest BCUT2D eigenvalue weighted by molar-refractivity contribution is -0.160. The highest BCUT2D eigenvalue weighted by Crippen LogP contribution is 2.43. The minimum absolute atomic E-state index is 0.593. The molecule has 1 N–H and O–H groups in total. The van der Waals surface area contributed by atoms with Gasteiger partial charge in [-0.05, 0) is 87.4 Å². The van der Waals surface area contributed by atoms with Crippen molar-refractivity contribution in [2.45, 2.75) is 79.8 Å². The van der Waals surface area contributed by atoms with Gasteiger partial charge in [0.2, 0.25) is 0 Å². The second-order valence-corrected chi connectivity index (χ2v) is 10.9. The molecule has 0 aliphatic carbocycles. The third-order valence-corrected chi connectivity index (χ3v) is 6.91. The first-order valence-electron chi connectivity index (χ1n) is 12.3. The molecule has 0 spiro atoms. The molecule has 3 aromatic carbocycles. The molecule has 0 amide bonds. The molecule has 1 heterocycles. The summed E-state index contributed by atoms with van der Waals surface area (Å²) in [5.41, 5.74) is 10.7. The van der Waals surface area contributed by atoms with Gasteiger partial charge >= 0.3 is 5.97 Å². The highest BCUT2D eigenvalue weighted by Gasteiger charge is 2.35. The summed E-state index contributed by atoms with van der Waals surface area (Å²) in [4.78, 5) is 15.0. The fourth-order valence-corrected chi connectivity index (χ4v) is 5.16. The van der Waals surface area contributed by atoms with Gasteiger partial charge in [0, 0.05) is 25.2 Å². The standard InChI is InChI=1S/C31H37NO3/c1-19-8-12-23(13-9-19)16-32-17-25-21(3)27(24-14-10-20(2)11-15-24)28(22(4)26(25)18-32)29(30(33)34)35-31(5,6)7/h8-15,29H,16-18H2,1-7H3,(H,33,34). The number of hydrogen-bond acceptors (Lipinski definition) is 3. The maximum atomic E-state index is 12.6. The van der Waals surface area contributed by atoms with E-state index in [9.17, 15) is 9.90 Å². The molecule has 0 saturated heterocycles. The first-order valence-corrected chi connectivity index (χ1v) is 12.3. The molecule has 0 saturated carbocycles. The van der Waals surface area contributed by atoms with Crippen molar-refractivity contribution in [2.24, 2.45) is 0 Å². The van der Waals surface area contributed by atoms with E-state index in [4.69, 9.17) is 4.74 Å². The van der Waals surface area contributed by atoms with E-state index < -0.39 is 17.7 Å². The minimum atomic E-state index is -1.04. The van der Waals surface area contributed by atoms with Crippen molar-refractivity contribution < 1.29 is 14.6 Å². The quantitative estimate of drug-likeness (QED) is 0.419. The van der Waals surface area contributed by atoms with E-state index in [0.29, 0.717) is 0 Å². The van der Waals surface area contributed by atoms with Crippen LogP contribution < -0.4 is 0 Å². The largest absolute Gasteiger partial charge is 0.479 e. The van der Waals surface area contributed by atoms with Gasteiger partial charge in [0.15, 0.2) is 6.10 Å². The van der Waals surface area contributed by atoms with E-state index in [1.54, 1.807) is 0 Å². The number of nitrogens with zero attached hydrogens (tertiary/aromatic N) is 1. The number of ether oxygens (including phenoxy) is 1. The summed E-state index contributed by atoms with van der Waals surface area (Å²) in [7, 11) is 0. The third kappa shape index (κ3) is 5.34. The van der Waals surface area contributed by atoms with Crippen molar-refractivity contribution in [3.8, 4) is 11.1 Å². The van der Waals surface area contributed by atoms with E-state index in [2.05, 4.69) is 81.1 Å². The van der Waals surface area contributed by atoms with Crippen LogP contribution in [-0.2, 0) is 29.2 Å². The van der Waals surface area contributed by atoms with Crippen LogP contribution in [0.15, 0.2) is 48.5 Å². The van der Waals surface area contributed by atoms with Gasteiger partial charge < -0.3 is 9.84 Å². The molecular weight excluding hydrogens is 434 g/mol. The van der Waals surface area contributed by atoms with Crippen molar-refractivity contribution in [3.63, 3.8) is 0 Å². The molecule has 0 aromatic heterocycles. The van der Waals surface area contributed by atoms with Crippen LogP contribution in [0.2, 0.25) is 0 Å². The SMILES string of the molecule is Cc1ccc(CN2Cc3c(C)c(-c4ccc(C)cc4)c(C(OC(C)(C)C)C(=O)O)c(C)c3C2)cc1. The Morgan fingerprint density at radius 3 is 1.91 bits per heavy atom. The number of aliphatic carboxylic acids is 1. The van der Waals surface area contributed by atoms with Gasteiger partial charge in [-0.2, -0.15) is 0 Å². The third-order valence-electron chi connectivity index (χ3n) is 6.91. The summed E-state index contributed by atoms with van der Waals surface area (Å²) in [6.07, 6.45) is -1.04. The lowest BCUT2D eigenvalue weighted by atomic mass is 9.83. The maximum absolute atomic E-state index is 12.6. The summed E-state index contributed by atoms with van der Waals surface area (Å²) in [6.45, 7) is 16.6. The lowest BCUT2D eigenvalue weighted by Crippen LogP contribution is -2.28. The van der Waals surface area contributed by atoms with Crippen molar-refractivity contribution in [1.29, 1.82) is 0 Å². The van der Waals surface area contributed by atoms with E-state index in [0.717, 1.165) is 47.5 Å². The molecular formula is C31H37NO3. The first-order chi connectivity index (χ1) is 16.4. The number of carbonyl (C=O) groups is 1. The van der Waals surface area contributed by atoms with Gasteiger partial charge in [-0.25, -0.2) is 4.79 Å². The molecule has 1 aliphatic heterocycles. The van der Waals surface area contributed by atoms with Gasteiger partial charge in [-0.1, -0.05) is 59.7 Å². The van der Waals surface area contributed by atoms with Gasteiger partial charge in [-0.15, -0.1) is 0 Å². The Kier molecular flexibility index (Phi) is 6.90. The van der Waals surface area contributed by atoms with Crippen molar-refractivity contribution in [1.82, 2.24) is 4.90 Å². The summed E-state index contributed by atoms with van der Waals surface area (Å²) in [6, 6.07) is 17.1. The number of fused-ring (bicyclic) bond motifs is 1. The Bertz CT molecular complexity index is 1230. The summed E-state index contributed by atoms with van der Waals surface area (Å²) in [5.74, 6) is -0.953. The molecule has 35 heavy (non-hydrogen) atoms. The molecule has 4 nitrogen and oxygen atoms in total. The predicted octanol–water partition coefficient (Wildman–Crippen LogP) is 7.04. The van der Waals surface area contributed by atoms with E-state index >= 15 is 0 Å². The second-order valence-electron chi connectivity index (χ2n) is 10.9. The van der Waals surface area contributed by atoms with Crippen LogP contribution in [0, 0.1) is 27.7 Å². The van der Waals surface area contributed by atoms with Crippen LogP contribution in [-0.4, -0.2) is 21.6 Å². The van der Waals surface area contributed by atoms with E-state index in [1.807, 2.05) is 20.8 Å². The summed E-state index contributed by atoms with van der Waals surface area (Å²) in [5, 5.41) is 10.3. The number of benzene rings is 3. The Labute approximate surface area is 209 Å². The minimum Gasteiger partial charge on any atom is -0.479 e. The summed E-state index contributed by atoms with van der Waals surface area (Å²) >= 11 is 0. The van der Waals surface area contributed by atoms with Crippen LogP contribution in [0.3, 0.4) is 0 Å². The molecule has 0 fully saturated rings. The highest BCUT2D eigenvalue weighted by molar-refractivity contribution is 5.84. The second kappa shape index (κ2) is 9.60. The molecule has 0 bridgehead atoms. The zero-order valence-corrected chi connectivity index (χ0v) is 22.0. The van der Waals surface area contributed by atoms with Crippen LogP contribution >= 0.6 is 0 Å². The molecule has 1 aliphatic rings. The van der Waals surface area contributed by atoms with Crippen LogP contribution in [0.1, 0.15) is 71.4 Å². The topological polar surface area (TPSA) is 49.8 Å². The average molecular weight is 472 g/mol. The molecule has 184 valence electrons. The number of carboxylic acid groups (broad SMARTS) is 1. The molecule has 1 atom stereocenters. The predicted molar refractivity (Wildman–Crippen MR) is 141 cm³/mol. The van der Waals surface area contributed by atoms with Crippen LogP contribution in [0.5, 0.6) is 0 Å². The first kappa shape index (κ1) is 25.2. The lowest BCUT2D eigenvalue weighted by Gasteiger charge is -2.30. The fraction of sp³-hybridized carbons (Fsp3) is 0.387. The smallest absolute Gasteiger partial charge is 0.337 e. The van der Waals surface area contributed by atoms with E-state index in [1.165, 1.54) is 27.8 Å². The Morgan fingerprint density at radius 1 is 0.886 bits per heavy atom. The zero-order chi connectivity index (χ0) is 25.5. The Hall–Kier alpha value is -2.95. The number of carboxylic acids is 1. The van der Waals surface area contributed by atoms with Gasteiger partial charge in [0.05, 0.1) is 5.60 Å². The zero-order valence-electron chi connectivity index (χ0n) is 22.0. The Morgan fingerprint density at radius 2 is 1.40 bits per heavy atom. The molecule has 4 rings (SSSR count). The number of hydrogen-bond donors (Lipinski definition) is 1.